The van der Waals surface area contributed by atoms with E-state index in [2.05, 4.69) is 26.1 Å². The Morgan fingerprint density at radius 2 is 1.67 bits per heavy atom. The van der Waals surface area contributed by atoms with E-state index < -0.39 is 0 Å². The van der Waals surface area contributed by atoms with Crippen LogP contribution in [0.1, 0.15) is 5.56 Å². The van der Waals surface area contributed by atoms with E-state index in [1.54, 1.807) is 18.2 Å². The highest BCUT2D eigenvalue weighted by Gasteiger charge is 2.11. The number of rotatable bonds is 7. The summed E-state index contributed by atoms with van der Waals surface area (Å²) in [6, 6.07) is 21.9. The van der Waals surface area contributed by atoms with Gasteiger partial charge in [0.05, 0.1) is 32.7 Å². The fourth-order valence-electron chi connectivity index (χ4n) is 2.79. The highest BCUT2D eigenvalue weighted by atomic mass is 79.9. The van der Waals surface area contributed by atoms with E-state index in [0.29, 0.717) is 29.4 Å². The van der Waals surface area contributed by atoms with Crippen LogP contribution in [0.4, 0.5) is 10.1 Å². The minimum absolute atomic E-state index is 0. The second kappa shape index (κ2) is 10.2. The molecule has 30 heavy (non-hydrogen) atoms. The summed E-state index contributed by atoms with van der Waals surface area (Å²) in [5.41, 5.74) is 2.17. The number of anilines is 1. The number of hydrogen-bond acceptors (Lipinski definition) is 5. The zero-order valence-electron chi connectivity index (χ0n) is 15.7. The number of halogens is 3. The van der Waals surface area contributed by atoms with Crippen molar-refractivity contribution in [3.8, 4) is 11.6 Å². The zero-order valence-corrected chi connectivity index (χ0v) is 18.1. The molecule has 0 amide bonds. The van der Waals surface area contributed by atoms with Gasteiger partial charge < -0.3 is 9.47 Å². The van der Waals surface area contributed by atoms with Gasteiger partial charge in [-0.2, -0.15) is 0 Å². The molecule has 1 aromatic heterocycles. The Hall–Kier alpha value is -2.90. The van der Waals surface area contributed by atoms with Crippen LogP contribution in [0.2, 0.25) is 0 Å². The predicted molar refractivity (Wildman–Crippen MR) is 121 cm³/mol. The quantitative estimate of drug-likeness (QED) is 0.238. The Morgan fingerprint density at radius 1 is 0.900 bits per heavy atom. The lowest BCUT2D eigenvalue weighted by Crippen LogP contribution is -2.18. The Labute approximate surface area is 188 Å². The topological polar surface area (TPSA) is 47.5 Å². The van der Waals surface area contributed by atoms with E-state index in [0.717, 1.165) is 10.9 Å². The first-order valence-corrected chi connectivity index (χ1v) is 9.64. The molecule has 0 radical (unpaired) electrons. The number of para-hydroxylation sites is 1. The molecule has 0 aliphatic rings. The van der Waals surface area contributed by atoms with Crippen LogP contribution in [0.25, 0.3) is 10.9 Å². The second-order valence-corrected chi connectivity index (χ2v) is 7.08. The molecule has 0 fully saturated rings. The molecule has 5 nitrogen and oxygen atoms in total. The molecule has 0 aliphatic carbocycles. The van der Waals surface area contributed by atoms with Gasteiger partial charge in [0.25, 0.3) is 0 Å². The van der Waals surface area contributed by atoms with Gasteiger partial charge >= 0.3 is 0 Å². The molecule has 0 aliphatic heterocycles. The van der Waals surface area contributed by atoms with Gasteiger partial charge in [0.15, 0.2) is 6.73 Å². The molecule has 154 valence electrons. The lowest BCUT2D eigenvalue weighted by molar-refractivity contribution is 0.306. The SMILES string of the molecule is Cl.Fc1ccccc1N(Br)COc1ncnc2cc(OCc3ccccc3)ccc12. The van der Waals surface area contributed by atoms with E-state index in [4.69, 9.17) is 9.47 Å². The molecule has 0 saturated carbocycles. The van der Waals surface area contributed by atoms with Crippen molar-refractivity contribution in [3.63, 3.8) is 0 Å². The average molecular weight is 491 g/mol. The van der Waals surface area contributed by atoms with Crippen molar-refractivity contribution in [2.24, 2.45) is 0 Å². The molecule has 0 bridgehead atoms. The maximum absolute atomic E-state index is 13.9. The fourth-order valence-corrected chi connectivity index (χ4v) is 3.18. The number of hydrogen-bond donors (Lipinski definition) is 0. The van der Waals surface area contributed by atoms with Crippen LogP contribution < -0.4 is 13.4 Å². The summed E-state index contributed by atoms with van der Waals surface area (Å²) in [7, 11) is 0. The molecular weight excluding hydrogens is 473 g/mol. The molecule has 0 spiro atoms. The molecule has 0 atom stereocenters. The first kappa shape index (κ1) is 21.8. The van der Waals surface area contributed by atoms with Gasteiger partial charge in [0, 0.05) is 6.07 Å². The maximum atomic E-state index is 13.9. The van der Waals surface area contributed by atoms with Crippen molar-refractivity contribution in [3.05, 3.63) is 90.5 Å². The molecule has 4 aromatic rings. The number of ether oxygens (including phenoxy) is 2. The Bertz CT molecular complexity index is 1120. The highest BCUT2D eigenvalue weighted by Crippen LogP contribution is 2.27. The lowest BCUT2D eigenvalue weighted by atomic mass is 10.2. The number of aromatic nitrogens is 2. The third-order valence-electron chi connectivity index (χ3n) is 4.25. The summed E-state index contributed by atoms with van der Waals surface area (Å²) in [5.74, 6) is 0.769. The summed E-state index contributed by atoms with van der Waals surface area (Å²) >= 11 is 3.32. The third kappa shape index (κ3) is 5.17. The summed E-state index contributed by atoms with van der Waals surface area (Å²) < 4.78 is 27.0. The van der Waals surface area contributed by atoms with Gasteiger partial charge in [-0.25, -0.2) is 14.4 Å². The van der Waals surface area contributed by atoms with Crippen molar-refractivity contribution < 1.29 is 13.9 Å². The number of benzene rings is 3. The molecule has 8 heteroatoms. The lowest BCUT2D eigenvalue weighted by Gasteiger charge is -2.17. The van der Waals surface area contributed by atoms with E-state index in [9.17, 15) is 4.39 Å². The molecule has 0 unspecified atom stereocenters. The normalized spacial score (nSPS) is 10.3. The highest BCUT2D eigenvalue weighted by molar-refractivity contribution is 9.10. The summed E-state index contributed by atoms with van der Waals surface area (Å²) in [5, 5.41) is 0.744. The van der Waals surface area contributed by atoms with Gasteiger partial charge in [-0.15, -0.1) is 12.4 Å². The first-order valence-electron chi connectivity index (χ1n) is 8.93. The minimum atomic E-state index is -0.347. The number of fused-ring (bicyclic) bond motifs is 1. The fraction of sp³-hybridized carbons (Fsp3) is 0.0909. The maximum Gasteiger partial charge on any atom is 0.226 e. The summed E-state index contributed by atoms with van der Waals surface area (Å²) in [6.45, 7) is 0.543. The smallest absolute Gasteiger partial charge is 0.226 e. The van der Waals surface area contributed by atoms with Crippen LogP contribution in [-0.2, 0) is 6.61 Å². The second-order valence-electron chi connectivity index (χ2n) is 6.22. The Kier molecular flexibility index (Phi) is 7.43. The average Bonchev–Trinajstić information content (AvgIpc) is 2.77. The van der Waals surface area contributed by atoms with Crippen molar-refractivity contribution in [2.45, 2.75) is 6.61 Å². The van der Waals surface area contributed by atoms with Crippen LogP contribution >= 0.6 is 28.6 Å². The van der Waals surface area contributed by atoms with Crippen LogP contribution in [0.3, 0.4) is 0 Å². The summed E-state index contributed by atoms with van der Waals surface area (Å²) in [6.07, 6.45) is 1.43. The van der Waals surface area contributed by atoms with Crippen molar-refractivity contribution in [2.75, 3.05) is 10.7 Å². The Balaban J connectivity index is 0.00000256. The first-order chi connectivity index (χ1) is 14.2. The van der Waals surface area contributed by atoms with E-state index >= 15 is 0 Å². The molecular formula is C22H18BrClFN3O2. The molecule has 4 rings (SSSR count). The Morgan fingerprint density at radius 3 is 2.47 bits per heavy atom. The van der Waals surface area contributed by atoms with E-state index in [1.165, 1.54) is 16.3 Å². The molecule has 1 heterocycles. The standard InChI is InChI=1S/C22H17BrFN3O2.ClH/c23-27(21-9-5-4-8-19(21)24)15-29-22-18-11-10-17(12-20(18)25-14-26-22)28-13-16-6-2-1-3-7-16;/h1-12,14H,13,15H2;1H. The zero-order chi connectivity index (χ0) is 20.1. The van der Waals surface area contributed by atoms with Gasteiger partial charge in [0.2, 0.25) is 5.88 Å². The largest absolute Gasteiger partial charge is 0.489 e. The van der Waals surface area contributed by atoms with Crippen LogP contribution in [0.5, 0.6) is 11.6 Å². The van der Waals surface area contributed by atoms with Crippen molar-refractivity contribution >= 4 is 45.1 Å². The number of nitrogens with zero attached hydrogens (tertiary/aromatic N) is 3. The summed E-state index contributed by atoms with van der Waals surface area (Å²) in [4.78, 5) is 8.50. The third-order valence-corrected chi connectivity index (χ3v) is 4.84. The van der Waals surface area contributed by atoms with Crippen molar-refractivity contribution in [1.82, 2.24) is 9.97 Å². The van der Waals surface area contributed by atoms with Crippen LogP contribution in [0.15, 0.2) is 79.1 Å². The molecule has 0 saturated heterocycles. The predicted octanol–water partition coefficient (Wildman–Crippen LogP) is 5.92. The van der Waals surface area contributed by atoms with Gasteiger partial charge in [-0.05, 0) is 29.8 Å². The molecule has 3 aromatic carbocycles. The van der Waals surface area contributed by atoms with Crippen LogP contribution in [-0.4, -0.2) is 16.7 Å². The van der Waals surface area contributed by atoms with Gasteiger partial charge in [-0.1, -0.05) is 42.5 Å². The molecule has 0 N–H and O–H groups in total. The van der Waals surface area contributed by atoms with E-state index in [1.807, 2.05) is 48.5 Å². The van der Waals surface area contributed by atoms with Gasteiger partial charge in [0.1, 0.15) is 24.5 Å². The van der Waals surface area contributed by atoms with Gasteiger partial charge in [-0.3, -0.25) is 3.93 Å². The minimum Gasteiger partial charge on any atom is -0.489 e. The van der Waals surface area contributed by atoms with Crippen molar-refractivity contribution in [1.29, 1.82) is 0 Å². The monoisotopic (exact) mass is 489 g/mol. The van der Waals surface area contributed by atoms with Crippen LogP contribution in [0, 0.1) is 5.82 Å². The van der Waals surface area contributed by atoms with E-state index in [-0.39, 0.29) is 25.0 Å².